The van der Waals surface area contributed by atoms with Gasteiger partial charge in [-0.25, -0.2) is 4.99 Å². The Labute approximate surface area is 57.2 Å². The minimum absolute atomic E-state index is 0.725. The molecule has 0 aliphatic carbocycles. The zero-order valence-electron chi connectivity index (χ0n) is 4.69. The van der Waals surface area contributed by atoms with E-state index in [-0.39, 0.29) is 0 Å². The van der Waals surface area contributed by atoms with Gasteiger partial charge in [-0.1, -0.05) is 11.8 Å². The molecule has 2 heterocycles. The lowest BCUT2D eigenvalue weighted by Gasteiger charge is -2.14. The summed E-state index contributed by atoms with van der Waals surface area (Å²) < 4.78 is 0. The molecular weight excluding hydrogens is 134 g/mol. The lowest BCUT2D eigenvalue weighted by molar-refractivity contribution is 0.586. The van der Waals surface area contributed by atoms with Crippen molar-refractivity contribution in [1.82, 2.24) is 4.90 Å². The van der Waals surface area contributed by atoms with Crippen molar-refractivity contribution in [3.63, 3.8) is 0 Å². The molecule has 0 aromatic rings. The number of amidine groups is 1. The minimum Gasteiger partial charge on any atom is -0.307 e. The van der Waals surface area contributed by atoms with Crippen molar-refractivity contribution in [2.45, 2.75) is 0 Å². The Morgan fingerprint density at radius 3 is 3.56 bits per heavy atom. The fourth-order valence-corrected chi connectivity index (χ4v) is 1.41. The van der Waals surface area contributed by atoms with Crippen LogP contribution in [0, 0.1) is 0 Å². The van der Waals surface area contributed by atoms with E-state index in [1.165, 1.54) is 0 Å². The van der Waals surface area contributed by atoms with Gasteiger partial charge in [0, 0.05) is 6.20 Å². The number of aliphatic imine (C=N–C) groups is 2. The van der Waals surface area contributed by atoms with E-state index in [1.807, 2.05) is 16.5 Å². The van der Waals surface area contributed by atoms with Crippen molar-refractivity contribution in [3.8, 4) is 0 Å². The maximum atomic E-state index is 4.04. The summed E-state index contributed by atoms with van der Waals surface area (Å²) in [6, 6.07) is 0. The molecule has 2 rings (SSSR count). The standard InChI is InChI=1S/C5H5N3S/c1-2-9-5-7-3-6-4-8(1)5/h1-3H,4H2. The number of hydrogen-bond donors (Lipinski definition) is 0. The maximum absolute atomic E-state index is 4.04. The van der Waals surface area contributed by atoms with E-state index in [9.17, 15) is 0 Å². The summed E-state index contributed by atoms with van der Waals surface area (Å²) >= 11 is 1.63. The van der Waals surface area contributed by atoms with Gasteiger partial charge in [0.05, 0.1) is 0 Å². The zero-order chi connectivity index (χ0) is 6.10. The van der Waals surface area contributed by atoms with Crippen LogP contribution in [0.15, 0.2) is 21.6 Å². The van der Waals surface area contributed by atoms with Gasteiger partial charge in [-0.05, 0) is 5.41 Å². The van der Waals surface area contributed by atoms with Gasteiger partial charge in [0.25, 0.3) is 0 Å². The molecule has 0 spiro atoms. The van der Waals surface area contributed by atoms with Crippen molar-refractivity contribution in [2.24, 2.45) is 9.98 Å². The third kappa shape index (κ3) is 0.751. The molecule has 9 heavy (non-hydrogen) atoms. The molecule has 2 aliphatic heterocycles. The van der Waals surface area contributed by atoms with E-state index < -0.39 is 0 Å². The minimum atomic E-state index is 0.725. The van der Waals surface area contributed by atoms with Crippen LogP contribution in [0.1, 0.15) is 0 Å². The fraction of sp³-hybridized carbons (Fsp3) is 0.200. The molecule has 0 aromatic heterocycles. The molecule has 0 radical (unpaired) electrons. The highest BCUT2D eigenvalue weighted by atomic mass is 32.2. The molecule has 0 unspecified atom stereocenters. The summed E-state index contributed by atoms with van der Waals surface area (Å²) in [7, 11) is 0. The first-order chi connectivity index (χ1) is 4.47. The second kappa shape index (κ2) is 1.88. The average molecular weight is 139 g/mol. The van der Waals surface area contributed by atoms with Crippen molar-refractivity contribution in [3.05, 3.63) is 11.6 Å². The second-order valence-electron chi connectivity index (χ2n) is 1.72. The summed E-state index contributed by atoms with van der Waals surface area (Å²) in [6.45, 7) is 0.725. The van der Waals surface area contributed by atoms with Gasteiger partial charge in [0.2, 0.25) is 0 Å². The van der Waals surface area contributed by atoms with Gasteiger partial charge in [0.1, 0.15) is 13.0 Å². The van der Waals surface area contributed by atoms with Crippen LogP contribution in [0.4, 0.5) is 0 Å². The molecular formula is C5H5N3S. The first kappa shape index (κ1) is 5.05. The van der Waals surface area contributed by atoms with E-state index in [0.29, 0.717) is 0 Å². The normalized spacial score (nSPS) is 22.2. The number of rotatable bonds is 0. The molecule has 0 saturated heterocycles. The van der Waals surface area contributed by atoms with E-state index in [0.717, 1.165) is 11.8 Å². The number of thioether (sulfide) groups is 1. The predicted molar refractivity (Wildman–Crippen MR) is 39.4 cm³/mol. The zero-order valence-corrected chi connectivity index (χ0v) is 5.51. The van der Waals surface area contributed by atoms with Gasteiger partial charge in [-0.3, -0.25) is 4.99 Å². The summed E-state index contributed by atoms with van der Waals surface area (Å²) in [4.78, 5) is 10.0. The monoisotopic (exact) mass is 139 g/mol. The highest BCUT2D eigenvalue weighted by Crippen LogP contribution is 2.19. The third-order valence-electron chi connectivity index (χ3n) is 1.14. The third-order valence-corrected chi connectivity index (χ3v) is 1.95. The number of fused-ring (bicyclic) bond motifs is 1. The molecule has 2 aliphatic rings. The summed E-state index contributed by atoms with van der Waals surface area (Å²) in [5.41, 5.74) is 0. The predicted octanol–water partition coefficient (Wildman–Crippen LogP) is 0.862. The van der Waals surface area contributed by atoms with Crippen LogP contribution in [0.25, 0.3) is 0 Å². The van der Waals surface area contributed by atoms with Crippen LogP contribution in [-0.4, -0.2) is 23.1 Å². The molecule has 0 aromatic carbocycles. The highest BCUT2D eigenvalue weighted by Gasteiger charge is 2.13. The number of nitrogens with zero attached hydrogens (tertiary/aromatic N) is 3. The van der Waals surface area contributed by atoms with Crippen LogP contribution in [0.2, 0.25) is 0 Å². The smallest absolute Gasteiger partial charge is 0.175 e. The molecule has 3 nitrogen and oxygen atoms in total. The van der Waals surface area contributed by atoms with E-state index in [1.54, 1.807) is 18.1 Å². The Hall–Kier alpha value is -0.770. The highest BCUT2D eigenvalue weighted by molar-refractivity contribution is 8.16. The largest absolute Gasteiger partial charge is 0.307 e. The maximum Gasteiger partial charge on any atom is 0.175 e. The molecule has 0 amide bonds. The van der Waals surface area contributed by atoms with Gasteiger partial charge in [-0.2, -0.15) is 0 Å². The van der Waals surface area contributed by atoms with Crippen LogP contribution in [0.3, 0.4) is 0 Å². The molecule has 0 fully saturated rings. The number of hydrogen-bond acceptors (Lipinski definition) is 4. The van der Waals surface area contributed by atoms with E-state index in [2.05, 4.69) is 9.98 Å². The Kier molecular flexibility index (Phi) is 1.05. The summed E-state index contributed by atoms with van der Waals surface area (Å²) in [5.74, 6) is 0. The van der Waals surface area contributed by atoms with Crippen molar-refractivity contribution in [2.75, 3.05) is 6.67 Å². The van der Waals surface area contributed by atoms with E-state index >= 15 is 0 Å². The lowest BCUT2D eigenvalue weighted by atomic mass is 10.7. The second-order valence-corrected chi connectivity index (χ2v) is 2.60. The van der Waals surface area contributed by atoms with Crippen LogP contribution >= 0.6 is 11.8 Å². The quantitative estimate of drug-likeness (QED) is 0.498. The van der Waals surface area contributed by atoms with Gasteiger partial charge in [0.15, 0.2) is 5.17 Å². The first-order valence-corrected chi connectivity index (χ1v) is 3.51. The molecule has 0 atom stereocenters. The Bertz CT molecular complexity index is 206. The molecule has 4 heteroatoms. The van der Waals surface area contributed by atoms with Gasteiger partial charge in [-0.15, -0.1) is 0 Å². The van der Waals surface area contributed by atoms with Crippen LogP contribution < -0.4 is 0 Å². The molecule has 0 saturated carbocycles. The Morgan fingerprint density at radius 2 is 2.67 bits per heavy atom. The Morgan fingerprint density at radius 1 is 1.67 bits per heavy atom. The first-order valence-electron chi connectivity index (χ1n) is 2.63. The van der Waals surface area contributed by atoms with Crippen LogP contribution in [-0.2, 0) is 0 Å². The van der Waals surface area contributed by atoms with Crippen LogP contribution in [0.5, 0.6) is 0 Å². The van der Waals surface area contributed by atoms with Gasteiger partial charge >= 0.3 is 0 Å². The summed E-state index contributed by atoms with van der Waals surface area (Å²) in [5, 5.41) is 3.04. The van der Waals surface area contributed by atoms with Gasteiger partial charge < -0.3 is 4.90 Å². The molecule has 46 valence electrons. The lowest BCUT2D eigenvalue weighted by Crippen LogP contribution is -2.22. The average Bonchev–Trinajstić information content (AvgIpc) is 2.33. The topological polar surface area (TPSA) is 28.0 Å². The van der Waals surface area contributed by atoms with E-state index in [4.69, 9.17) is 0 Å². The Balaban J connectivity index is 2.29. The van der Waals surface area contributed by atoms with Crippen molar-refractivity contribution < 1.29 is 0 Å². The van der Waals surface area contributed by atoms with Crippen molar-refractivity contribution >= 4 is 23.3 Å². The fourth-order valence-electron chi connectivity index (χ4n) is 0.723. The SMILES string of the molecule is C1=CN2CN=CN=C2S1. The molecule has 0 bridgehead atoms. The van der Waals surface area contributed by atoms with Crippen molar-refractivity contribution in [1.29, 1.82) is 0 Å². The molecule has 0 N–H and O–H groups in total. The summed E-state index contributed by atoms with van der Waals surface area (Å²) in [6.07, 6.45) is 3.59.